The van der Waals surface area contributed by atoms with Crippen LogP contribution in [-0.4, -0.2) is 18.8 Å². The standard InChI is InChI=1S/C44H53N3/c1-4-6-7-16-35(5-2)39-27-26-38(41-20-11-12-21-42(39)41)33(3)24-25-34(15-8-13-22-43(45)37-28-30-46-31-29-37)32-47-44-23-14-18-36-17-9-10-19-40(36)44/h5,8-15,17,19-25,28,30,35-37,45-47H,2,4,6-7,16,18,26-27,29,31-32H2,1,3H3/b15-8+,22-13-,33-24+,34-25-,45-43?. The molecule has 3 unspecified atom stereocenters. The smallest absolute Gasteiger partial charge is 0.0400 e. The van der Waals surface area contributed by atoms with Gasteiger partial charge in [-0.25, -0.2) is 0 Å². The highest BCUT2D eigenvalue weighted by Crippen LogP contribution is 2.30. The van der Waals surface area contributed by atoms with Crippen molar-refractivity contribution in [3.8, 4) is 0 Å². The molecule has 3 aliphatic carbocycles. The van der Waals surface area contributed by atoms with E-state index in [9.17, 15) is 0 Å². The van der Waals surface area contributed by atoms with Crippen LogP contribution >= 0.6 is 0 Å². The molecule has 1 aliphatic heterocycles. The topological polar surface area (TPSA) is 47.9 Å². The Morgan fingerprint density at radius 1 is 1.04 bits per heavy atom. The van der Waals surface area contributed by atoms with E-state index in [2.05, 4.69) is 128 Å². The number of hydrogen-bond acceptors (Lipinski definition) is 3. The summed E-state index contributed by atoms with van der Waals surface area (Å²) >= 11 is 0. The molecule has 0 saturated carbocycles. The fourth-order valence-electron chi connectivity index (χ4n) is 7.10. The lowest BCUT2D eigenvalue weighted by Gasteiger charge is -2.23. The molecule has 47 heavy (non-hydrogen) atoms. The molecule has 0 bridgehead atoms. The van der Waals surface area contributed by atoms with E-state index >= 15 is 0 Å². The second-order valence-electron chi connectivity index (χ2n) is 13.1. The van der Waals surface area contributed by atoms with E-state index in [1.54, 1.807) is 5.57 Å². The highest BCUT2D eigenvalue weighted by atomic mass is 14.9. The fraction of sp³-hybridized carbons (Fsp3) is 0.341. The third-order valence-corrected chi connectivity index (χ3v) is 9.86. The zero-order valence-electron chi connectivity index (χ0n) is 28.5. The number of fused-ring (bicyclic) bond motifs is 2. The lowest BCUT2D eigenvalue weighted by Crippen LogP contribution is -2.34. The molecule has 3 heteroatoms. The number of rotatable bonds is 15. The van der Waals surface area contributed by atoms with E-state index in [0.29, 0.717) is 17.5 Å². The van der Waals surface area contributed by atoms with E-state index in [-0.39, 0.29) is 5.92 Å². The maximum absolute atomic E-state index is 8.50. The predicted octanol–water partition coefficient (Wildman–Crippen LogP) is 8.84. The molecule has 1 aromatic rings. The zero-order valence-corrected chi connectivity index (χ0v) is 28.5. The summed E-state index contributed by atoms with van der Waals surface area (Å²) in [5.74, 6) is 1.09. The van der Waals surface area contributed by atoms with Crippen molar-refractivity contribution in [1.29, 1.82) is 5.41 Å². The average Bonchev–Trinajstić information content (AvgIpc) is 3.12. The summed E-state index contributed by atoms with van der Waals surface area (Å²) in [4.78, 5) is 0. The van der Waals surface area contributed by atoms with Gasteiger partial charge in [-0.1, -0.05) is 129 Å². The lowest BCUT2D eigenvalue weighted by molar-refractivity contribution is 0.609. The van der Waals surface area contributed by atoms with Crippen LogP contribution in [0.2, 0.25) is 0 Å². The Kier molecular flexibility index (Phi) is 12.7. The van der Waals surface area contributed by atoms with Gasteiger partial charge in [0, 0.05) is 36.3 Å². The van der Waals surface area contributed by atoms with Crippen LogP contribution in [0.25, 0.3) is 11.1 Å². The van der Waals surface area contributed by atoms with E-state index in [0.717, 1.165) is 38.8 Å². The van der Waals surface area contributed by atoms with Gasteiger partial charge in [0.05, 0.1) is 0 Å². The SMILES string of the molecule is C=CC(CCCCC)C1=c2ccccc2=C(/C(C)=C/C=C(/C=C/C=C\C(=N)C2C=CNCC2)CNC2=C3C=CC=CC3CC=C2)CC1. The minimum Gasteiger partial charge on any atom is -0.391 e. The molecule has 3 nitrogen and oxygen atoms in total. The second-order valence-corrected chi connectivity index (χ2v) is 13.1. The molecule has 0 fully saturated rings. The van der Waals surface area contributed by atoms with Crippen LogP contribution in [0.3, 0.4) is 0 Å². The first-order valence-electron chi connectivity index (χ1n) is 17.7. The summed E-state index contributed by atoms with van der Waals surface area (Å²) in [6, 6.07) is 9.00. The first kappa shape index (κ1) is 34.0. The van der Waals surface area contributed by atoms with Crippen molar-refractivity contribution in [3.05, 3.63) is 155 Å². The molecule has 1 heterocycles. The van der Waals surface area contributed by atoms with Gasteiger partial charge in [-0.15, -0.1) is 6.58 Å². The van der Waals surface area contributed by atoms with Crippen molar-refractivity contribution in [3.63, 3.8) is 0 Å². The highest BCUT2D eigenvalue weighted by molar-refractivity contribution is 5.95. The van der Waals surface area contributed by atoms with Crippen LogP contribution in [0, 0.1) is 23.2 Å². The van der Waals surface area contributed by atoms with Gasteiger partial charge in [0.1, 0.15) is 0 Å². The highest BCUT2D eigenvalue weighted by Gasteiger charge is 2.19. The van der Waals surface area contributed by atoms with Gasteiger partial charge in [-0.3, -0.25) is 0 Å². The average molecular weight is 624 g/mol. The first-order valence-corrected chi connectivity index (χ1v) is 17.7. The monoisotopic (exact) mass is 623 g/mol. The normalized spacial score (nSPS) is 21.7. The molecule has 244 valence electrons. The van der Waals surface area contributed by atoms with Crippen LogP contribution in [0.15, 0.2) is 145 Å². The summed E-state index contributed by atoms with van der Waals surface area (Å²) in [5.41, 5.74) is 8.73. The summed E-state index contributed by atoms with van der Waals surface area (Å²) < 4.78 is 0. The molecular formula is C44H53N3. The lowest BCUT2D eigenvalue weighted by atomic mass is 9.82. The fourth-order valence-corrected chi connectivity index (χ4v) is 7.10. The van der Waals surface area contributed by atoms with Crippen LogP contribution < -0.4 is 21.1 Å². The zero-order chi connectivity index (χ0) is 32.8. The van der Waals surface area contributed by atoms with Crippen molar-refractivity contribution in [2.24, 2.45) is 17.8 Å². The Morgan fingerprint density at radius 2 is 1.89 bits per heavy atom. The van der Waals surface area contributed by atoms with Crippen LogP contribution in [0.4, 0.5) is 0 Å². The molecule has 0 saturated heterocycles. The first-order chi connectivity index (χ1) is 23.1. The van der Waals surface area contributed by atoms with Gasteiger partial charge >= 0.3 is 0 Å². The van der Waals surface area contributed by atoms with E-state index in [1.807, 2.05) is 18.4 Å². The number of nitrogens with one attached hydrogen (secondary N) is 3. The van der Waals surface area contributed by atoms with Crippen molar-refractivity contribution >= 4 is 16.9 Å². The Bertz CT molecular complexity index is 1700. The van der Waals surface area contributed by atoms with Crippen LogP contribution in [0.5, 0.6) is 0 Å². The second kappa shape index (κ2) is 17.5. The Morgan fingerprint density at radius 3 is 2.70 bits per heavy atom. The molecule has 0 spiro atoms. The maximum atomic E-state index is 8.50. The van der Waals surface area contributed by atoms with Crippen molar-refractivity contribution < 1.29 is 0 Å². The summed E-state index contributed by atoms with van der Waals surface area (Å²) in [7, 11) is 0. The van der Waals surface area contributed by atoms with E-state index in [4.69, 9.17) is 5.41 Å². The van der Waals surface area contributed by atoms with Gasteiger partial charge < -0.3 is 16.0 Å². The maximum Gasteiger partial charge on any atom is 0.0400 e. The number of allylic oxidation sites excluding steroid dienone is 15. The van der Waals surface area contributed by atoms with Gasteiger partial charge in [0.2, 0.25) is 0 Å². The van der Waals surface area contributed by atoms with Gasteiger partial charge in [0.25, 0.3) is 0 Å². The number of unbranched alkanes of at least 4 members (excludes halogenated alkanes) is 2. The molecule has 5 rings (SSSR count). The number of hydrogen-bond donors (Lipinski definition) is 3. The molecule has 4 aliphatic rings. The quantitative estimate of drug-likeness (QED) is 0.0791. The molecule has 3 N–H and O–H groups in total. The molecular weight excluding hydrogens is 571 g/mol. The molecule has 0 radical (unpaired) electrons. The Labute approximate surface area is 283 Å². The van der Waals surface area contributed by atoms with Crippen molar-refractivity contribution in [2.75, 3.05) is 13.1 Å². The molecule has 1 aromatic carbocycles. The van der Waals surface area contributed by atoms with Crippen LogP contribution in [0.1, 0.15) is 65.2 Å². The Balaban J connectivity index is 1.42. The van der Waals surface area contributed by atoms with Gasteiger partial charge in [-0.05, 0) is 96.0 Å². The number of benzene rings is 1. The van der Waals surface area contributed by atoms with Crippen molar-refractivity contribution in [1.82, 2.24) is 10.6 Å². The van der Waals surface area contributed by atoms with Gasteiger partial charge in [0.15, 0.2) is 0 Å². The minimum absolute atomic E-state index is 0.187. The van der Waals surface area contributed by atoms with E-state index < -0.39 is 0 Å². The molecule has 0 aromatic heterocycles. The summed E-state index contributed by atoms with van der Waals surface area (Å²) in [6.45, 7) is 10.4. The largest absolute Gasteiger partial charge is 0.391 e. The summed E-state index contributed by atoms with van der Waals surface area (Å²) in [6.07, 6.45) is 41.5. The minimum atomic E-state index is 0.187. The molecule has 0 amide bonds. The van der Waals surface area contributed by atoms with Crippen LogP contribution in [-0.2, 0) is 0 Å². The third kappa shape index (κ3) is 9.13. The summed E-state index contributed by atoms with van der Waals surface area (Å²) in [5, 5.41) is 18.3. The third-order valence-electron chi connectivity index (χ3n) is 9.86. The predicted molar refractivity (Wildman–Crippen MR) is 203 cm³/mol. The Hall–Kier alpha value is -4.37. The van der Waals surface area contributed by atoms with Gasteiger partial charge in [-0.2, -0.15) is 0 Å². The van der Waals surface area contributed by atoms with Crippen molar-refractivity contribution in [2.45, 2.75) is 65.2 Å². The molecule has 3 atom stereocenters. The van der Waals surface area contributed by atoms with E-state index in [1.165, 1.54) is 64.1 Å².